The van der Waals surface area contributed by atoms with E-state index < -0.39 is 6.04 Å². The minimum absolute atomic E-state index is 0.147. The van der Waals surface area contributed by atoms with Crippen molar-refractivity contribution in [2.75, 3.05) is 5.32 Å². The van der Waals surface area contributed by atoms with Gasteiger partial charge in [-0.05, 0) is 30.2 Å². The number of carbonyl (C=O) groups excluding carboxylic acids is 1. The van der Waals surface area contributed by atoms with Gasteiger partial charge in [0.05, 0.1) is 6.04 Å². The van der Waals surface area contributed by atoms with Crippen molar-refractivity contribution in [1.82, 2.24) is 10.1 Å². The molecule has 1 heterocycles. The zero-order valence-electron chi connectivity index (χ0n) is 11.5. The fourth-order valence-electron chi connectivity index (χ4n) is 1.74. The lowest BCUT2D eigenvalue weighted by atomic mass is 9.99. The van der Waals surface area contributed by atoms with E-state index in [9.17, 15) is 4.79 Å². The lowest BCUT2D eigenvalue weighted by molar-refractivity contribution is -0.118. The second kappa shape index (κ2) is 6.29. The summed E-state index contributed by atoms with van der Waals surface area (Å²) in [5.74, 6) is 0.486. The minimum atomic E-state index is -0.503. The van der Waals surface area contributed by atoms with E-state index >= 15 is 0 Å². The van der Waals surface area contributed by atoms with Gasteiger partial charge in [-0.2, -0.15) is 4.98 Å². The molecule has 0 aliphatic heterocycles. The Bertz CT molecular complexity index is 551. The molecule has 0 radical (unpaired) electrons. The summed E-state index contributed by atoms with van der Waals surface area (Å²) >= 11 is 0. The van der Waals surface area contributed by atoms with Crippen molar-refractivity contribution < 1.29 is 9.32 Å². The summed E-state index contributed by atoms with van der Waals surface area (Å²) in [5.41, 5.74) is 7.40. The highest BCUT2D eigenvalue weighted by atomic mass is 16.5. The van der Waals surface area contributed by atoms with Crippen LogP contribution in [0.5, 0.6) is 0 Å². The van der Waals surface area contributed by atoms with Crippen molar-refractivity contribution in [2.45, 2.75) is 26.3 Å². The Balaban J connectivity index is 2.02. The van der Waals surface area contributed by atoms with E-state index in [0.717, 1.165) is 12.0 Å². The average molecular weight is 274 g/mol. The lowest BCUT2D eigenvalue weighted by Gasteiger charge is -2.17. The molecule has 106 valence electrons. The van der Waals surface area contributed by atoms with Gasteiger partial charge in [0, 0.05) is 11.3 Å². The van der Waals surface area contributed by atoms with Gasteiger partial charge in [-0.15, -0.1) is 0 Å². The molecule has 3 N–H and O–H groups in total. The van der Waals surface area contributed by atoms with Crippen LogP contribution in [0.15, 0.2) is 35.2 Å². The first-order valence-corrected chi connectivity index (χ1v) is 6.55. The van der Waals surface area contributed by atoms with Crippen molar-refractivity contribution in [2.24, 2.45) is 11.7 Å². The van der Waals surface area contributed by atoms with Crippen LogP contribution in [0, 0.1) is 5.92 Å². The van der Waals surface area contributed by atoms with E-state index in [4.69, 9.17) is 5.73 Å². The Hall–Kier alpha value is -2.21. The highest BCUT2D eigenvalue weighted by Crippen LogP contribution is 2.18. The third kappa shape index (κ3) is 3.21. The number of hydrogen-bond acceptors (Lipinski definition) is 5. The van der Waals surface area contributed by atoms with Crippen LogP contribution in [0.3, 0.4) is 0 Å². The molecule has 0 aliphatic rings. The van der Waals surface area contributed by atoms with E-state index in [0.29, 0.717) is 11.5 Å². The molecule has 1 amide bonds. The summed E-state index contributed by atoms with van der Waals surface area (Å²) in [7, 11) is 0. The SMILES string of the molecule is CCC(C)C(N)C(=O)Nc1ccc(-c2ncon2)cc1. The van der Waals surface area contributed by atoms with Crippen LogP contribution in [0.4, 0.5) is 5.69 Å². The Kier molecular flexibility index (Phi) is 4.47. The lowest BCUT2D eigenvalue weighted by Crippen LogP contribution is -2.40. The molecule has 0 bridgehead atoms. The zero-order valence-corrected chi connectivity index (χ0v) is 11.5. The van der Waals surface area contributed by atoms with Gasteiger partial charge < -0.3 is 15.6 Å². The van der Waals surface area contributed by atoms with E-state index in [2.05, 4.69) is 20.0 Å². The highest BCUT2D eigenvalue weighted by molar-refractivity contribution is 5.95. The fourth-order valence-corrected chi connectivity index (χ4v) is 1.74. The number of carbonyl (C=O) groups is 1. The second-order valence-corrected chi connectivity index (χ2v) is 4.73. The number of nitrogens with two attached hydrogens (primary N) is 1. The predicted octanol–water partition coefficient (Wildman–Crippen LogP) is 2.05. The maximum Gasteiger partial charge on any atom is 0.241 e. The molecule has 1 aromatic heterocycles. The number of amides is 1. The van der Waals surface area contributed by atoms with Gasteiger partial charge in [-0.3, -0.25) is 4.79 Å². The van der Waals surface area contributed by atoms with Gasteiger partial charge >= 0.3 is 0 Å². The summed E-state index contributed by atoms with van der Waals surface area (Å²) in [5, 5.41) is 6.55. The van der Waals surface area contributed by atoms with Crippen molar-refractivity contribution >= 4 is 11.6 Å². The van der Waals surface area contributed by atoms with E-state index in [-0.39, 0.29) is 11.8 Å². The quantitative estimate of drug-likeness (QED) is 0.870. The normalized spacial score (nSPS) is 13.8. The number of rotatable bonds is 5. The van der Waals surface area contributed by atoms with Gasteiger partial charge in [-0.25, -0.2) is 0 Å². The molecule has 0 saturated heterocycles. The first-order chi connectivity index (χ1) is 9.61. The molecule has 2 rings (SSSR count). The van der Waals surface area contributed by atoms with Crippen LogP contribution in [0.2, 0.25) is 0 Å². The number of nitrogens with zero attached hydrogens (tertiary/aromatic N) is 2. The fraction of sp³-hybridized carbons (Fsp3) is 0.357. The number of anilines is 1. The van der Waals surface area contributed by atoms with Gasteiger partial charge in [0.1, 0.15) is 0 Å². The molecule has 2 atom stereocenters. The monoisotopic (exact) mass is 274 g/mol. The average Bonchev–Trinajstić information content (AvgIpc) is 3.00. The third-order valence-corrected chi connectivity index (χ3v) is 3.33. The topological polar surface area (TPSA) is 94.0 Å². The summed E-state index contributed by atoms with van der Waals surface area (Å²) in [6, 6.07) is 6.70. The maximum absolute atomic E-state index is 12.0. The summed E-state index contributed by atoms with van der Waals surface area (Å²) < 4.78 is 4.69. The van der Waals surface area contributed by atoms with Crippen molar-refractivity contribution in [3.8, 4) is 11.4 Å². The summed E-state index contributed by atoms with van der Waals surface area (Å²) in [4.78, 5) is 15.9. The second-order valence-electron chi connectivity index (χ2n) is 4.73. The number of hydrogen-bond donors (Lipinski definition) is 2. The van der Waals surface area contributed by atoms with Crippen LogP contribution >= 0.6 is 0 Å². The first-order valence-electron chi connectivity index (χ1n) is 6.55. The molecule has 0 saturated carbocycles. The number of nitrogens with one attached hydrogen (secondary N) is 1. The standard InChI is InChI=1S/C14H18N4O2/c1-3-9(2)12(15)14(19)17-11-6-4-10(5-7-11)13-16-8-20-18-13/h4-9,12H,3,15H2,1-2H3,(H,17,19). The highest BCUT2D eigenvalue weighted by Gasteiger charge is 2.19. The molecule has 2 aromatic rings. The maximum atomic E-state index is 12.0. The number of aromatic nitrogens is 2. The van der Waals surface area contributed by atoms with Crippen molar-refractivity contribution in [1.29, 1.82) is 0 Å². The van der Waals surface area contributed by atoms with Gasteiger partial charge in [0.15, 0.2) is 0 Å². The largest absolute Gasteiger partial charge is 0.342 e. The Morgan fingerprint density at radius 3 is 2.65 bits per heavy atom. The summed E-state index contributed by atoms with van der Waals surface area (Å²) in [6.07, 6.45) is 2.14. The molecular formula is C14H18N4O2. The molecular weight excluding hydrogens is 256 g/mol. The Morgan fingerprint density at radius 1 is 1.40 bits per heavy atom. The predicted molar refractivity (Wildman–Crippen MR) is 75.8 cm³/mol. The third-order valence-electron chi connectivity index (χ3n) is 3.33. The molecule has 6 heteroatoms. The molecule has 20 heavy (non-hydrogen) atoms. The Morgan fingerprint density at radius 2 is 2.10 bits per heavy atom. The van der Waals surface area contributed by atoms with E-state index in [1.54, 1.807) is 12.1 Å². The van der Waals surface area contributed by atoms with Gasteiger partial charge in [-0.1, -0.05) is 25.4 Å². The van der Waals surface area contributed by atoms with Crippen LogP contribution in [-0.4, -0.2) is 22.1 Å². The molecule has 0 fully saturated rings. The zero-order chi connectivity index (χ0) is 14.5. The van der Waals surface area contributed by atoms with Gasteiger partial charge in [0.25, 0.3) is 0 Å². The molecule has 2 unspecified atom stereocenters. The number of benzene rings is 1. The Labute approximate surface area is 117 Å². The molecule has 0 aliphatic carbocycles. The molecule has 1 aromatic carbocycles. The van der Waals surface area contributed by atoms with Crippen LogP contribution < -0.4 is 11.1 Å². The van der Waals surface area contributed by atoms with Crippen molar-refractivity contribution in [3.05, 3.63) is 30.7 Å². The van der Waals surface area contributed by atoms with Crippen molar-refractivity contribution in [3.63, 3.8) is 0 Å². The van der Waals surface area contributed by atoms with Crippen LogP contribution in [0.1, 0.15) is 20.3 Å². The molecule has 6 nitrogen and oxygen atoms in total. The van der Waals surface area contributed by atoms with Crippen LogP contribution in [0.25, 0.3) is 11.4 Å². The smallest absolute Gasteiger partial charge is 0.241 e. The minimum Gasteiger partial charge on any atom is -0.342 e. The van der Waals surface area contributed by atoms with Gasteiger partial charge in [0.2, 0.25) is 18.1 Å². The summed E-state index contributed by atoms with van der Waals surface area (Å²) in [6.45, 7) is 3.97. The van der Waals surface area contributed by atoms with Crippen LogP contribution in [-0.2, 0) is 4.79 Å². The van der Waals surface area contributed by atoms with E-state index in [1.807, 2.05) is 26.0 Å². The van der Waals surface area contributed by atoms with E-state index in [1.165, 1.54) is 6.39 Å². The first kappa shape index (κ1) is 14.2. The molecule has 0 spiro atoms.